The number of carbonyl (C=O) groups excluding carboxylic acids is 2. The summed E-state index contributed by atoms with van der Waals surface area (Å²) in [6, 6.07) is 9.13. The van der Waals surface area contributed by atoms with Crippen molar-refractivity contribution >= 4 is 63.5 Å². The van der Waals surface area contributed by atoms with Crippen LogP contribution in [0.4, 0.5) is 5.69 Å². The van der Waals surface area contributed by atoms with Gasteiger partial charge in [-0.05, 0) is 78.5 Å². The third kappa shape index (κ3) is 3.13. The maximum Gasteiger partial charge on any atom is 0.270 e. The molecule has 0 saturated carbocycles. The molecule has 0 aliphatic carbocycles. The van der Waals surface area contributed by atoms with Crippen molar-refractivity contribution in [3.05, 3.63) is 56.6 Å². The van der Waals surface area contributed by atoms with Gasteiger partial charge in [-0.25, -0.2) is 0 Å². The Morgan fingerprint density at radius 1 is 1.21 bits per heavy atom. The molecule has 0 radical (unpaired) electrons. The SMILES string of the molecule is Cc1ccc(N2C(=O)/C(=C/c3ccc(I)o3)C(=O)NC2=S)c(C)c1. The zero-order chi connectivity index (χ0) is 17.4. The number of thiocarbonyl (C=S) groups is 1. The van der Waals surface area contributed by atoms with Crippen molar-refractivity contribution in [2.24, 2.45) is 0 Å². The highest BCUT2D eigenvalue weighted by molar-refractivity contribution is 14.1. The first-order valence-corrected chi connectivity index (χ1v) is 8.59. The lowest BCUT2D eigenvalue weighted by Gasteiger charge is -2.30. The van der Waals surface area contributed by atoms with E-state index in [1.165, 1.54) is 11.0 Å². The van der Waals surface area contributed by atoms with Crippen molar-refractivity contribution in [2.75, 3.05) is 4.90 Å². The van der Waals surface area contributed by atoms with E-state index in [1.807, 2.05) is 54.6 Å². The van der Waals surface area contributed by atoms with Crippen molar-refractivity contribution in [1.29, 1.82) is 0 Å². The lowest BCUT2D eigenvalue weighted by molar-refractivity contribution is -0.122. The highest BCUT2D eigenvalue weighted by Crippen LogP contribution is 2.26. The molecular formula is C17H13IN2O3S. The molecule has 122 valence electrons. The molecule has 1 saturated heterocycles. The maximum atomic E-state index is 12.9. The van der Waals surface area contributed by atoms with E-state index in [2.05, 4.69) is 5.32 Å². The van der Waals surface area contributed by atoms with E-state index in [0.717, 1.165) is 11.1 Å². The van der Waals surface area contributed by atoms with Crippen LogP contribution in [0.2, 0.25) is 0 Å². The van der Waals surface area contributed by atoms with Crippen LogP contribution >= 0.6 is 34.8 Å². The summed E-state index contributed by atoms with van der Waals surface area (Å²) in [5, 5.41) is 2.64. The van der Waals surface area contributed by atoms with Crippen LogP contribution in [0.3, 0.4) is 0 Å². The molecule has 1 N–H and O–H groups in total. The average molecular weight is 452 g/mol. The van der Waals surface area contributed by atoms with Gasteiger partial charge in [0, 0.05) is 0 Å². The van der Waals surface area contributed by atoms with E-state index in [1.54, 1.807) is 12.1 Å². The zero-order valence-electron chi connectivity index (χ0n) is 12.9. The molecule has 1 aliphatic heterocycles. The number of hydrogen-bond acceptors (Lipinski definition) is 4. The van der Waals surface area contributed by atoms with E-state index in [0.29, 0.717) is 15.2 Å². The van der Waals surface area contributed by atoms with E-state index in [-0.39, 0.29) is 10.7 Å². The summed E-state index contributed by atoms with van der Waals surface area (Å²) in [6.45, 7) is 3.87. The molecule has 5 nitrogen and oxygen atoms in total. The second-order valence-corrected chi connectivity index (χ2v) is 6.84. The Hall–Kier alpha value is -2.00. The summed E-state index contributed by atoms with van der Waals surface area (Å²) < 4.78 is 6.09. The second kappa shape index (κ2) is 6.48. The molecule has 1 aliphatic rings. The van der Waals surface area contributed by atoms with Crippen LogP contribution in [-0.4, -0.2) is 16.9 Å². The van der Waals surface area contributed by atoms with Crippen molar-refractivity contribution in [3.8, 4) is 0 Å². The van der Waals surface area contributed by atoms with Crippen LogP contribution in [0.25, 0.3) is 6.08 Å². The highest BCUT2D eigenvalue weighted by atomic mass is 127. The van der Waals surface area contributed by atoms with Crippen LogP contribution in [-0.2, 0) is 9.59 Å². The lowest BCUT2D eigenvalue weighted by atomic mass is 10.1. The molecule has 0 bridgehead atoms. The Labute approximate surface area is 157 Å². The summed E-state index contributed by atoms with van der Waals surface area (Å²) in [7, 11) is 0. The molecule has 3 rings (SSSR count). The molecule has 0 spiro atoms. The van der Waals surface area contributed by atoms with E-state index in [9.17, 15) is 9.59 Å². The van der Waals surface area contributed by atoms with Crippen LogP contribution < -0.4 is 10.2 Å². The molecular weight excluding hydrogens is 439 g/mol. The van der Waals surface area contributed by atoms with Gasteiger partial charge >= 0.3 is 0 Å². The van der Waals surface area contributed by atoms with Gasteiger partial charge in [-0.15, -0.1) is 0 Å². The van der Waals surface area contributed by atoms with Crippen molar-refractivity contribution in [3.63, 3.8) is 0 Å². The summed E-state index contributed by atoms with van der Waals surface area (Å²) >= 11 is 7.22. The number of carbonyl (C=O) groups is 2. The van der Waals surface area contributed by atoms with E-state index >= 15 is 0 Å². The van der Waals surface area contributed by atoms with Gasteiger partial charge in [0.1, 0.15) is 11.3 Å². The normalized spacial score (nSPS) is 16.7. The molecule has 1 aromatic carbocycles. The number of aryl methyl sites for hydroxylation is 2. The van der Waals surface area contributed by atoms with Gasteiger partial charge in [0.15, 0.2) is 8.88 Å². The minimum absolute atomic E-state index is 0.0191. The Kier molecular flexibility index (Phi) is 4.55. The molecule has 0 unspecified atom stereocenters. The number of anilines is 1. The molecule has 1 fully saturated rings. The number of benzene rings is 1. The quantitative estimate of drug-likeness (QED) is 0.329. The molecule has 2 aromatic rings. The van der Waals surface area contributed by atoms with Gasteiger partial charge in [0.05, 0.1) is 5.69 Å². The van der Waals surface area contributed by atoms with Gasteiger partial charge in [-0.3, -0.25) is 19.8 Å². The Balaban J connectivity index is 2.04. The summed E-state index contributed by atoms with van der Waals surface area (Å²) in [5.74, 6) is -0.564. The fourth-order valence-electron chi connectivity index (χ4n) is 2.48. The third-order valence-corrected chi connectivity index (χ3v) is 4.44. The van der Waals surface area contributed by atoms with Crippen molar-refractivity contribution < 1.29 is 14.0 Å². The number of amides is 2. The minimum atomic E-state index is -0.530. The number of nitrogens with zero attached hydrogens (tertiary/aromatic N) is 1. The molecule has 24 heavy (non-hydrogen) atoms. The highest BCUT2D eigenvalue weighted by Gasteiger charge is 2.35. The fourth-order valence-corrected chi connectivity index (χ4v) is 3.19. The zero-order valence-corrected chi connectivity index (χ0v) is 15.9. The Bertz CT molecular complexity index is 901. The van der Waals surface area contributed by atoms with Crippen molar-refractivity contribution in [1.82, 2.24) is 5.32 Å². The van der Waals surface area contributed by atoms with Gasteiger partial charge in [-0.1, -0.05) is 17.7 Å². The number of furan rings is 1. The third-order valence-electron chi connectivity index (χ3n) is 3.58. The smallest absolute Gasteiger partial charge is 0.270 e. The van der Waals surface area contributed by atoms with Gasteiger partial charge < -0.3 is 4.42 Å². The minimum Gasteiger partial charge on any atom is -0.451 e. The molecule has 7 heteroatoms. The monoisotopic (exact) mass is 452 g/mol. The number of halogens is 1. The van der Waals surface area contributed by atoms with Crippen LogP contribution in [0.1, 0.15) is 16.9 Å². The number of hydrogen-bond donors (Lipinski definition) is 1. The number of nitrogens with one attached hydrogen (secondary N) is 1. The van der Waals surface area contributed by atoms with Gasteiger partial charge in [-0.2, -0.15) is 0 Å². The predicted molar refractivity (Wildman–Crippen MR) is 104 cm³/mol. The topological polar surface area (TPSA) is 62.6 Å². The first-order valence-electron chi connectivity index (χ1n) is 7.11. The maximum absolute atomic E-state index is 12.9. The Morgan fingerprint density at radius 3 is 2.58 bits per heavy atom. The van der Waals surface area contributed by atoms with Crippen LogP contribution in [0.15, 0.2) is 40.3 Å². The Morgan fingerprint density at radius 2 is 1.96 bits per heavy atom. The molecule has 0 atom stereocenters. The summed E-state index contributed by atoms with van der Waals surface area (Å²) in [5.41, 5.74) is 2.61. The first kappa shape index (κ1) is 16.8. The first-order chi connectivity index (χ1) is 11.4. The second-order valence-electron chi connectivity index (χ2n) is 5.39. The predicted octanol–water partition coefficient (Wildman–Crippen LogP) is 3.33. The summed E-state index contributed by atoms with van der Waals surface area (Å²) in [4.78, 5) is 26.4. The molecule has 2 heterocycles. The van der Waals surface area contributed by atoms with Crippen molar-refractivity contribution in [2.45, 2.75) is 13.8 Å². The van der Waals surface area contributed by atoms with Crippen LogP contribution in [0.5, 0.6) is 0 Å². The molecule has 2 amide bonds. The van der Waals surface area contributed by atoms with Gasteiger partial charge in [0.25, 0.3) is 11.8 Å². The van der Waals surface area contributed by atoms with E-state index < -0.39 is 11.8 Å². The standard InChI is InChI=1S/C17H13IN2O3S/c1-9-3-5-13(10(2)7-9)20-16(22)12(15(21)19-17(20)24)8-11-4-6-14(18)23-11/h3-8H,1-2H3,(H,19,21,24)/b12-8+. The van der Waals surface area contributed by atoms with Gasteiger partial charge in [0.2, 0.25) is 0 Å². The summed E-state index contributed by atoms with van der Waals surface area (Å²) in [6.07, 6.45) is 1.43. The largest absolute Gasteiger partial charge is 0.451 e. The lowest BCUT2D eigenvalue weighted by Crippen LogP contribution is -2.54. The fraction of sp³-hybridized carbons (Fsp3) is 0.118. The average Bonchev–Trinajstić information content (AvgIpc) is 2.91. The molecule has 1 aromatic heterocycles. The van der Waals surface area contributed by atoms with E-state index in [4.69, 9.17) is 16.6 Å². The van der Waals surface area contributed by atoms with Crippen LogP contribution in [0, 0.1) is 17.6 Å². The number of rotatable bonds is 2.